The molecule has 2 rings (SSSR count). The van der Waals surface area contributed by atoms with Gasteiger partial charge in [0.15, 0.2) is 11.1 Å². The van der Waals surface area contributed by atoms with Crippen LogP contribution in [0.2, 0.25) is 0 Å². The fourth-order valence-electron chi connectivity index (χ4n) is 2.50. The van der Waals surface area contributed by atoms with Gasteiger partial charge in [-0.3, -0.25) is 4.79 Å². The second-order valence-electron chi connectivity index (χ2n) is 4.88. The van der Waals surface area contributed by atoms with E-state index in [1.54, 1.807) is 18.2 Å². The van der Waals surface area contributed by atoms with E-state index in [-0.39, 0.29) is 35.5 Å². The van der Waals surface area contributed by atoms with Crippen molar-refractivity contribution in [3.63, 3.8) is 0 Å². The van der Waals surface area contributed by atoms with Gasteiger partial charge in [0.25, 0.3) is 0 Å². The van der Waals surface area contributed by atoms with E-state index < -0.39 is 8.03 Å². The number of aryl methyl sites for hydroxylation is 3. The van der Waals surface area contributed by atoms with Crippen molar-refractivity contribution in [3.05, 3.63) is 64.2 Å². The fraction of sp³-hybridized carbons (Fsp3) is 0.188. The van der Waals surface area contributed by atoms with E-state index in [0.717, 1.165) is 16.7 Å². The zero-order chi connectivity index (χ0) is 14.9. The maximum atomic E-state index is 12.7. The van der Waals surface area contributed by atoms with E-state index in [9.17, 15) is 14.3 Å². The van der Waals surface area contributed by atoms with Crippen LogP contribution in [0.4, 0.5) is 0 Å². The van der Waals surface area contributed by atoms with Crippen molar-refractivity contribution in [1.29, 1.82) is 0 Å². The van der Waals surface area contributed by atoms with Crippen LogP contribution in [0.15, 0.2) is 36.4 Å². The molecule has 0 saturated carbocycles. The average molecular weight is 293 g/mol. The molecule has 0 heterocycles. The van der Waals surface area contributed by atoms with Gasteiger partial charge in [0, 0.05) is 5.56 Å². The summed E-state index contributed by atoms with van der Waals surface area (Å²) in [5.41, 5.74) is 3.63. The Balaban J connectivity index is 0.00000220. The summed E-state index contributed by atoms with van der Waals surface area (Å²) in [5, 5.41) is 0.0758. The quantitative estimate of drug-likeness (QED) is 0.438. The van der Waals surface area contributed by atoms with Gasteiger partial charge in [-0.1, -0.05) is 34.4 Å². The molecule has 5 heteroatoms. The summed E-state index contributed by atoms with van der Waals surface area (Å²) in [4.78, 5) is 23.9. The van der Waals surface area contributed by atoms with Gasteiger partial charge in [-0.25, -0.2) is 0 Å². The molecular weight excluding hydrogens is 278 g/mol. The zero-order valence-corrected chi connectivity index (χ0v) is 13.5. The second-order valence-corrected chi connectivity index (χ2v) is 5.87. The summed E-state index contributed by atoms with van der Waals surface area (Å²) < 4.78 is 11.3. The van der Waals surface area contributed by atoms with Gasteiger partial charge in [0.2, 0.25) is 0 Å². The minimum absolute atomic E-state index is 0. The van der Waals surface area contributed by atoms with E-state index in [4.69, 9.17) is 0 Å². The van der Waals surface area contributed by atoms with Crippen LogP contribution >= 0.6 is 8.03 Å². The summed E-state index contributed by atoms with van der Waals surface area (Å²) in [7, 11) is -2.79. The molecule has 0 fully saturated rings. The summed E-state index contributed by atoms with van der Waals surface area (Å²) in [6, 6.07) is 10.2. The fourth-order valence-corrected chi connectivity index (χ4v) is 3.08. The molecule has 0 amide bonds. The van der Waals surface area contributed by atoms with Crippen molar-refractivity contribution < 1.29 is 33.1 Å². The largest absolute Gasteiger partial charge is 1.00 e. The summed E-state index contributed by atoms with van der Waals surface area (Å²) in [6.07, 6.45) is 0. The molecule has 0 N–H and O–H groups in total. The monoisotopic (exact) mass is 293 g/mol. The Kier molecular flexibility index (Phi) is 6.07. The Hall–Kier alpha value is -1.23. The second kappa shape index (κ2) is 7.16. The molecule has 0 radical (unpaired) electrons. The van der Waals surface area contributed by atoms with Crippen molar-refractivity contribution in [3.8, 4) is 0 Å². The first-order chi connectivity index (χ1) is 9.41. The molecule has 1 unspecified atom stereocenters. The molecule has 102 valence electrons. The Morgan fingerprint density at radius 3 is 2.10 bits per heavy atom. The smallest absolute Gasteiger partial charge is 0.591 e. The van der Waals surface area contributed by atoms with E-state index in [2.05, 4.69) is 0 Å². The van der Waals surface area contributed by atoms with Crippen LogP contribution in [-0.2, 0) is 4.57 Å². The maximum absolute atomic E-state index is 12.7. The first-order valence-corrected chi connectivity index (χ1v) is 7.45. The normalized spacial score (nSPS) is 10.8. The van der Waals surface area contributed by atoms with Crippen LogP contribution in [0.5, 0.6) is 0 Å². The molecule has 0 aliphatic rings. The van der Waals surface area contributed by atoms with Crippen LogP contribution in [0, 0.1) is 20.8 Å². The Morgan fingerprint density at radius 2 is 1.57 bits per heavy atom. The molecule has 2 aromatic carbocycles. The summed E-state index contributed by atoms with van der Waals surface area (Å²) >= 11 is 0. The molecular formula is C16H15LiO3P+. The molecule has 21 heavy (non-hydrogen) atoms. The van der Waals surface area contributed by atoms with Gasteiger partial charge < -0.3 is 4.89 Å². The third kappa shape index (κ3) is 3.70. The van der Waals surface area contributed by atoms with E-state index in [0.29, 0.717) is 5.56 Å². The Labute approximate surface area is 137 Å². The van der Waals surface area contributed by atoms with Crippen molar-refractivity contribution in [1.82, 2.24) is 0 Å². The van der Waals surface area contributed by atoms with E-state index in [1.807, 2.05) is 32.9 Å². The van der Waals surface area contributed by atoms with Gasteiger partial charge in [0.1, 0.15) is 0 Å². The minimum atomic E-state index is -2.79. The number of benzene rings is 2. The molecule has 0 bridgehead atoms. The van der Waals surface area contributed by atoms with Crippen LogP contribution in [-0.4, -0.2) is 5.78 Å². The van der Waals surface area contributed by atoms with Crippen LogP contribution in [0.3, 0.4) is 0 Å². The molecule has 3 nitrogen and oxygen atoms in total. The zero-order valence-electron chi connectivity index (χ0n) is 12.6. The topological polar surface area (TPSA) is 57.2 Å². The Bertz CT molecular complexity index is 687. The third-order valence-electron chi connectivity index (χ3n) is 3.25. The first kappa shape index (κ1) is 17.8. The third-order valence-corrected chi connectivity index (χ3v) is 4.03. The van der Waals surface area contributed by atoms with Gasteiger partial charge >= 0.3 is 26.9 Å². The van der Waals surface area contributed by atoms with Gasteiger partial charge in [-0.05, 0) is 44.0 Å². The molecule has 2 aromatic rings. The number of carbonyl (C=O) groups excluding carboxylic acids is 1. The number of rotatable bonds is 3. The number of hydrogen-bond donors (Lipinski definition) is 0. The Morgan fingerprint density at radius 1 is 1.05 bits per heavy atom. The van der Waals surface area contributed by atoms with Crippen molar-refractivity contribution in [2.75, 3.05) is 0 Å². The molecule has 0 aromatic heterocycles. The number of hydrogen-bond acceptors (Lipinski definition) is 3. The van der Waals surface area contributed by atoms with Crippen molar-refractivity contribution in [2.24, 2.45) is 0 Å². The van der Waals surface area contributed by atoms with Crippen molar-refractivity contribution >= 4 is 19.1 Å². The van der Waals surface area contributed by atoms with Crippen molar-refractivity contribution in [2.45, 2.75) is 20.8 Å². The molecule has 0 aliphatic carbocycles. The molecule has 0 saturated heterocycles. The van der Waals surface area contributed by atoms with Crippen LogP contribution < -0.4 is 29.1 Å². The van der Waals surface area contributed by atoms with Gasteiger partial charge in [0.05, 0.1) is 5.56 Å². The minimum Gasteiger partial charge on any atom is -0.591 e. The molecule has 0 spiro atoms. The van der Waals surface area contributed by atoms with Gasteiger partial charge in [-0.2, -0.15) is 0 Å². The first-order valence-electron chi connectivity index (χ1n) is 6.27. The van der Waals surface area contributed by atoms with E-state index >= 15 is 0 Å². The van der Waals surface area contributed by atoms with Crippen LogP contribution in [0.25, 0.3) is 0 Å². The summed E-state index contributed by atoms with van der Waals surface area (Å²) in [6.45, 7) is 5.71. The molecule has 1 atom stereocenters. The summed E-state index contributed by atoms with van der Waals surface area (Å²) in [5.74, 6) is -0.241. The van der Waals surface area contributed by atoms with Gasteiger partial charge in [-0.15, -0.1) is 0 Å². The molecule has 0 aliphatic heterocycles. The van der Waals surface area contributed by atoms with E-state index in [1.165, 1.54) is 6.07 Å². The predicted molar refractivity (Wildman–Crippen MR) is 77.8 cm³/mol. The number of carbonyl (C=O) groups is 1. The number of ketones is 1. The predicted octanol–water partition coefficient (Wildman–Crippen LogP) is -0.425. The van der Waals surface area contributed by atoms with Crippen LogP contribution in [0.1, 0.15) is 32.6 Å². The average Bonchev–Trinajstić information content (AvgIpc) is 2.37. The standard InChI is InChI=1S/C16H15O3P.Li/c1-10-8-11(2)15(12(3)9-10)16(17)13-6-4-5-7-14(13)20(18)19;/h4-9H,1-3H3;/q;+1. The maximum Gasteiger partial charge on any atom is 1.00 e. The SMILES string of the molecule is Cc1cc(C)c(C(=O)c2ccccc2[P+](=O)[O-])c(C)c1.[Li+].